The van der Waals surface area contributed by atoms with Gasteiger partial charge in [0.05, 0.1) is 6.54 Å². The number of hydrogen-bond donors (Lipinski definition) is 0. The van der Waals surface area contributed by atoms with E-state index in [1.54, 1.807) is 6.08 Å². The van der Waals surface area contributed by atoms with Crippen LogP contribution in [0.1, 0.15) is 40.0 Å². The summed E-state index contributed by atoms with van der Waals surface area (Å²) in [5, 5.41) is 0. The van der Waals surface area contributed by atoms with E-state index in [4.69, 9.17) is 8.85 Å². The van der Waals surface area contributed by atoms with Crippen LogP contribution in [-0.2, 0) is 13.6 Å². The van der Waals surface area contributed by atoms with Crippen LogP contribution in [0.3, 0.4) is 0 Å². The predicted molar refractivity (Wildman–Crippen MR) is 71.1 cm³/mol. The lowest BCUT2D eigenvalue weighted by molar-refractivity contribution is 0.181. The number of hydrogen-bond acceptors (Lipinski definition) is 4. The zero-order valence-electron chi connectivity index (χ0n) is 11.3. The highest BCUT2D eigenvalue weighted by molar-refractivity contribution is 6.67. The summed E-state index contributed by atoms with van der Waals surface area (Å²) in [6, 6.07) is 1.95. The van der Waals surface area contributed by atoms with E-state index >= 15 is 0 Å². The summed E-state index contributed by atoms with van der Waals surface area (Å²) < 4.78 is 11.9. The molecule has 0 bridgehead atoms. The molecule has 0 aliphatic rings. The maximum Gasteiger partial charge on any atom is 0.338 e. The molecule has 0 N–H and O–H groups in total. The molecule has 0 aromatic heterocycles. The minimum Gasteiger partial charge on any atom is -0.394 e. The molecule has 0 radical (unpaired) electrons. The van der Waals surface area contributed by atoms with Crippen LogP contribution in [0.15, 0.2) is 4.99 Å². The monoisotopic (exact) mass is 259 g/mol. The lowest BCUT2D eigenvalue weighted by Gasteiger charge is -2.30. The zero-order valence-corrected chi connectivity index (χ0v) is 12.3. The summed E-state index contributed by atoms with van der Waals surface area (Å²) in [6.45, 7) is 8.13. The van der Waals surface area contributed by atoms with Crippen LogP contribution in [0.2, 0.25) is 12.1 Å². The Bertz CT molecular complexity index is 224. The van der Waals surface area contributed by atoms with Crippen LogP contribution >= 0.6 is 0 Å². The summed E-state index contributed by atoms with van der Waals surface area (Å²) >= 11 is 0. The van der Waals surface area contributed by atoms with E-state index in [2.05, 4.69) is 11.9 Å². The minimum atomic E-state index is -2.06. The van der Waals surface area contributed by atoms with Crippen molar-refractivity contribution in [3.63, 3.8) is 0 Å². The third-order valence-electron chi connectivity index (χ3n) is 2.62. The van der Waals surface area contributed by atoms with Crippen LogP contribution in [0.5, 0.6) is 0 Å². The van der Waals surface area contributed by atoms with Crippen LogP contribution in [-0.4, -0.2) is 34.4 Å². The van der Waals surface area contributed by atoms with Gasteiger partial charge in [-0.1, -0.05) is 19.8 Å². The van der Waals surface area contributed by atoms with Crippen molar-refractivity contribution in [2.24, 2.45) is 4.99 Å². The first kappa shape index (κ1) is 16.5. The van der Waals surface area contributed by atoms with Gasteiger partial charge in [-0.3, -0.25) is 0 Å². The van der Waals surface area contributed by atoms with Gasteiger partial charge in [-0.25, -0.2) is 9.79 Å². The molecule has 100 valence electrons. The van der Waals surface area contributed by atoms with E-state index in [1.807, 2.05) is 13.8 Å². The maximum absolute atomic E-state index is 10.0. The molecule has 0 spiro atoms. The van der Waals surface area contributed by atoms with Crippen molar-refractivity contribution in [3.8, 4) is 0 Å². The van der Waals surface area contributed by atoms with Gasteiger partial charge in [0, 0.05) is 13.2 Å². The second kappa shape index (κ2) is 10.7. The van der Waals surface area contributed by atoms with Crippen LogP contribution in [0, 0.1) is 0 Å². The smallest absolute Gasteiger partial charge is 0.338 e. The molecule has 0 fully saturated rings. The van der Waals surface area contributed by atoms with E-state index in [-0.39, 0.29) is 0 Å². The van der Waals surface area contributed by atoms with E-state index in [0.29, 0.717) is 19.8 Å². The van der Waals surface area contributed by atoms with Crippen LogP contribution in [0.25, 0.3) is 0 Å². The Morgan fingerprint density at radius 2 is 1.65 bits per heavy atom. The highest BCUT2D eigenvalue weighted by atomic mass is 28.4. The molecular weight excluding hydrogens is 234 g/mol. The summed E-state index contributed by atoms with van der Waals surface area (Å²) in [6.07, 6.45) is 4.72. The highest BCUT2D eigenvalue weighted by Gasteiger charge is 2.35. The third-order valence-corrected chi connectivity index (χ3v) is 6.48. The average molecular weight is 259 g/mol. The molecule has 5 heteroatoms. The fourth-order valence-corrected chi connectivity index (χ4v) is 5.45. The molecule has 17 heavy (non-hydrogen) atoms. The Hall–Kier alpha value is -0.483. The fraction of sp³-hybridized carbons (Fsp3) is 0.917. The molecule has 0 atom stereocenters. The Labute approximate surface area is 106 Å². The lowest BCUT2D eigenvalue weighted by atomic mass is 10.4. The van der Waals surface area contributed by atoms with Gasteiger partial charge in [0.2, 0.25) is 6.08 Å². The van der Waals surface area contributed by atoms with E-state index in [1.165, 1.54) is 0 Å². The summed E-state index contributed by atoms with van der Waals surface area (Å²) in [5.74, 6) is 0. The van der Waals surface area contributed by atoms with Gasteiger partial charge < -0.3 is 8.85 Å². The van der Waals surface area contributed by atoms with Gasteiger partial charge in [0.1, 0.15) is 0 Å². The molecule has 0 saturated carbocycles. The van der Waals surface area contributed by atoms with Crippen molar-refractivity contribution in [2.75, 3.05) is 19.8 Å². The maximum atomic E-state index is 10.0. The van der Waals surface area contributed by atoms with Gasteiger partial charge in [-0.05, 0) is 32.4 Å². The lowest BCUT2D eigenvalue weighted by Crippen LogP contribution is -2.42. The number of unbranched alkanes of at least 4 members (excludes halogenated alkanes) is 1. The molecule has 0 saturated heterocycles. The Morgan fingerprint density at radius 3 is 2.12 bits per heavy atom. The van der Waals surface area contributed by atoms with Crippen LogP contribution in [0.4, 0.5) is 0 Å². The summed E-state index contributed by atoms with van der Waals surface area (Å²) in [7, 11) is -2.06. The van der Waals surface area contributed by atoms with Gasteiger partial charge >= 0.3 is 8.56 Å². The molecule has 0 rings (SSSR count). The van der Waals surface area contributed by atoms with Crippen molar-refractivity contribution in [1.82, 2.24) is 0 Å². The highest BCUT2D eigenvalue weighted by Crippen LogP contribution is 2.23. The van der Waals surface area contributed by atoms with Crippen LogP contribution < -0.4 is 0 Å². The van der Waals surface area contributed by atoms with Crippen molar-refractivity contribution in [1.29, 1.82) is 0 Å². The van der Waals surface area contributed by atoms with E-state index in [0.717, 1.165) is 31.4 Å². The first-order chi connectivity index (χ1) is 8.24. The van der Waals surface area contributed by atoms with Crippen molar-refractivity contribution in [3.05, 3.63) is 0 Å². The summed E-state index contributed by atoms with van der Waals surface area (Å²) in [4.78, 5) is 13.6. The number of nitrogens with zero attached hydrogens (tertiary/aromatic N) is 1. The first-order valence-electron chi connectivity index (χ1n) is 6.56. The van der Waals surface area contributed by atoms with Gasteiger partial charge in [-0.15, -0.1) is 0 Å². The Morgan fingerprint density at radius 1 is 1.06 bits per heavy atom. The first-order valence-corrected chi connectivity index (χ1v) is 8.79. The SMILES string of the molecule is CCCC[Si](CCCN=C=O)(OCC)OCC. The molecular formula is C12H25NO3Si. The second-order valence-electron chi connectivity index (χ2n) is 3.96. The Balaban J connectivity index is 4.34. The average Bonchev–Trinajstić information content (AvgIpc) is 2.33. The second-order valence-corrected chi connectivity index (χ2v) is 7.36. The molecule has 4 nitrogen and oxygen atoms in total. The fourth-order valence-electron chi connectivity index (χ4n) is 1.90. The third kappa shape index (κ3) is 7.44. The molecule has 0 aliphatic heterocycles. The number of isocyanates is 1. The number of rotatable bonds is 11. The van der Waals surface area contributed by atoms with E-state index in [9.17, 15) is 4.79 Å². The number of aliphatic imine (C=N–C) groups is 1. The van der Waals surface area contributed by atoms with Gasteiger partial charge in [0.25, 0.3) is 0 Å². The topological polar surface area (TPSA) is 47.9 Å². The minimum absolute atomic E-state index is 0.532. The molecule has 0 aliphatic carbocycles. The molecule has 0 aromatic rings. The normalized spacial score (nSPS) is 11.2. The Kier molecular flexibility index (Phi) is 10.4. The van der Waals surface area contributed by atoms with E-state index < -0.39 is 8.56 Å². The van der Waals surface area contributed by atoms with Crippen molar-refractivity contribution >= 4 is 14.6 Å². The van der Waals surface area contributed by atoms with Gasteiger partial charge in [-0.2, -0.15) is 0 Å². The zero-order chi connectivity index (χ0) is 13.0. The molecule has 0 heterocycles. The molecule has 0 amide bonds. The van der Waals surface area contributed by atoms with Crippen molar-refractivity contribution in [2.45, 2.75) is 52.1 Å². The predicted octanol–water partition coefficient (Wildman–Crippen LogP) is 3.03. The molecule has 0 unspecified atom stereocenters. The largest absolute Gasteiger partial charge is 0.394 e. The van der Waals surface area contributed by atoms with Crippen molar-refractivity contribution < 1.29 is 13.6 Å². The standard InChI is InChI=1S/C12H25NO3Si/c1-4-7-10-17(15-5-2,16-6-3)11-8-9-13-12-14/h4-11H2,1-3H3. The number of carbonyl (C=O) groups excluding carboxylic acids is 1. The summed E-state index contributed by atoms with van der Waals surface area (Å²) in [5.41, 5.74) is 0. The van der Waals surface area contributed by atoms with Gasteiger partial charge in [0.15, 0.2) is 0 Å². The molecule has 0 aromatic carbocycles. The quantitative estimate of drug-likeness (QED) is 0.248.